The molecule has 0 amide bonds. The molecular weight excluding hydrogens is 286 g/mol. The second-order valence-electron chi connectivity index (χ2n) is 4.83. The third-order valence-corrected chi connectivity index (χ3v) is 3.77. The SMILES string of the molecule is CCOC(=O)c1ncn2c1CNC(=S)c1cc(C)ccc1-2. The third kappa shape index (κ3) is 2.31. The predicted octanol–water partition coefficient (Wildman–Crippen LogP) is 2.14. The van der Waals surface area contributed by atoms with Crippen molar-refractivity contribution in [3.05, 3.63) is 47.0 Å². The highest BCUT2D eigenvalue weighted by Crippen LogP contribution is 2.24. The molecule has 0 aliphatic carbocycles. The minimum atomic E-state index is -0.408. The highest BCUT2D eigenvalue weighted by atomic mass is 32.1. The number of thiocarbonyl (C=S) groups is 1. The van der Waals surface area contributed by atoms with Crippen molar-refractivity contribution in [2.45, 2.75) is 20.4 Å². The van der Waals surface area contributed by atoms with Crippen LogP contribution in [0.3, 0.4) is 0 Å². The van der Waals surface area contributed by atoms with Crippen LogP contribution in [0, 0.1) is 6.92 Å². The fourth-order valence-corrected chi connectivity index (χ4v) is 2.66. The van der Waals surface area contributed by atoms with E-state index in [0.717, 1.165) is 22.5 Å². The Hall–Kier alpha value is -2.21. The van der Waals surface area contributed by atoms with Crippen LogP contribution < -0.4 is 5.32 Å². The molecule has 0 radical (unpaired) electrons. The van der Waals surface area contributed by atoms with Gasteiger partial charge < -0.3 is 10.1 Å². The van der Waals surface area contributed by atoms with Gasteiger partial charge in [-0.3, -0.25) is 4.57 Å². The Morgan fingerprint density at radius 2 is 2.33 bits per heavy atom. The summed E-state index contributed by atoms with van der Waals surface area (Å²) in [5.74, 6) is -0.408. The maximum atomic E-state index is 12.0. The van der Waals surface area contributed by atoms with Gasteiger partial charge in [-0.05, 0) is 26.0 Å². The molecule has 0 saturated carbocycles. The molecule has 6 heteroatoms. The number of aryl methyl sites for hydroxylation is 1. The summed E-state index contributed by atoms with van der Waals surface area (Å²) in [5, 5.41) is 3.17. The highest BCUT2D eigenvalue weighted by Gasteiger charge is 2.24. The number of imidazole rings is 1. The molecule has 1 aromatic carbocycles. The van der Waals surface area contributed by atoms with Crippen molar-refractivity contribution >= 4 is 23.2 Å². The Balaban J connectivity index is 2.15. The van der Waals surface area contributed by atoms with E-state index in [1.807, 2.05) is 29.7 Å². The topological polar surface area (TPSA) is 56.1 Å². The van der Waals surface area contributed by atoms with Crippen molar-refractivity contribution in [1.82, 2.24) is 14.9 Å². The first kappa shape index (κ1) is 13.8. The van der Waals surface area contributed by atoms with E-state index >= 15 is 0 Å². The van der Waals surface area contributed by atoms with Gasteiger partial charge in [0.15, 0.2) is 5.69 Å². The van der Waals surface area contributed by atoms with E-state index in [1.165, 1.54) is 0 Å². The quantitative estimate of drug-likeness (QED) is 0.680. The summed E-state index contributed by atoms with van der Waals surface area (Å²) >= 11 is 5.42. The van der Waals surface area contributed by atoms with Gasteiger partial charge in [0.05, 0.1) is 24.5 Å². The van der Waals surface area contributed by atoms with Crippen LogP contribution in [0.4, 0.5) is 0 Å². The zero-order valence-corrected chi connectivity index (χ0v) is 12.7. The van der Waals surface area contributed by atoms with Crippen molar-refractivity contribution in [3.63, 3.8) is 0 Å². The molecule has 0 unspecified atom stereocenters. The molecule has 1 aromatic heterocycles. The number of fused-ring (bicyclic) bond motifs is 3. The number of carbonyl (C=O) groups is 1. The number of rotatable bonds is 2. The van der Waals surface area contributed by atoms with Crippen LogP contribution in [0.25, 0.3) is 5.69 Å². The van der Waals surface area contributed by atoms with Gasteiger partial charge in [0.25, 0.3) is 0 Å². The van der Waals surface area contributed by atoms with Crippen LogP contribution in [0.1, 0.15) is 34.2 Å². The summed E-state index contributed by atoms with van der Waals surface area (Å²) in [7, 11) is 0. The van der Waals surface area contributed by atoms with Crippen LogP contribution in [0.15, 0.2) is 24.5 Å². The lowest BCUT2D eigenvalue weighted by Crippen LogP contribution is -2.21. The first-order valence-electron chi connectivity index (χ1n) is 6.74. The number of carbonyl (C=O) groups excluding carboxylic acids is 1. The van der Waals surface area contributed by atoms with Crippen LogP contribution >= 0.6 is 12.2 Å². The fraction of sp³-hybridized carbons (Fsp3) is 0.267. The Morgan fingerprint density at radius 3 is 3.10 bits per heavy atom. The van der Waals surface area contributed by atoms with Crippen LogP contribution in [0.2, 0.25) is 0 Å². The highest BCUT2D eigenvalue weighted by molar-refractivity contribution is 7.80. The van der Waals surface area contributed by atoms with Crippen LogP contribution in [-0.2, 0) is 11.3 Å². The third-order valence-electron chi connectivity index (χ3n) is 3.41. The number of nitrogens with zero attached hydrogens (tertiary/aromatic N) is 2. The summed E-state index contributed by atoms with van der Waals surface area (Å²) < 4.78 is 6.95. The fourth-order valence-electron chi connectivity index (χ4n) is 2.42. The lowest BCUT2D eigenvalue weighted by molar-refractivity contribution is 0.0518. The first-order chi connectivity index (χ1) is 10.1. The maximum absolute atomic E-state index is 12.0. The average molecular weight is 301 g/mol. The van der Waals surface area contributed by atoms with Crippen LogP contribution in [0.5, 0.6) is 0 Å². The van der Waals surface area contributed by atoms with E-state index in [0.29, 0.717) is 23.8 Å². The van der Waals surface area contributed by atoms with Crippen molar-refractivity contribution in [1.29, 1.82) is 0 Å². The number of benzene rings is 1. The molecule has 0 bridgehead atoms. The van der Waals surface area contributed by atoms with Gasteiger partial charge >= 0.3 is 5.97 Å². The molecule has 1 aliphatic heterocycles. The Morgan fingerprint density at radius 1 is 1.52 bits per heavy atom. The minimum absolute atomic E-state index is 0.326. The Labute approximate surface area is 127 Å². The summed E-state index contributed by atoms with van der Waals surface area (Å²) in [6, 6.07) is 6.04. The van der Waals surface area contributed by atoms with Crippen molar-refractivity contribution in [2.24, 2.45) is 0 Å². The molecule has 2 heterocycles. The Bertz CT molecular complexity index is 737. The summed E-state index contributed by atoms with van der Waals surface area (Å²) in [4.78, 5) is 16.9. The molecule has 1 N–H and O–H groups in total. The number of ether oxygens (including phenoxy) is 1. The summed E-state index contributed by atoms with van der Waals surface area (Å²) in [6.07, 6.45) is 1.64. The molecule has 21 heavy (non-hydrogen) atoms. The van der Waals surface area contributed by atoms with E-state index in [1.54, 1.807) is 13.3 Å². The molecule has 1 aliphatic rings. The molecule has 108 valence electrons. The van der Waals surface area contributed by atoms with Gasteiger partial charge in [-0.2, -0.15) is 0 Å². The second kappa shape index (κ2) is 5.29. The van der Waals surface area contributed by atoms with Gasteiger partial charge in [-0.25, -0.2) is 9.78 Å². The Kier molecular flexibility index (Phi) is 3.47. The molecule has 0 spiro atoms. The van der Waals surface area contributed by atoms with E-state index in [9.17, 15) is 4.79 Å². The lowest BCUT2D eigenvalue weighted by atomic mass is 10.1. The van der Waals surface area contributed by atoms with Crippen molar-refractivity contribution in [2.75, 3.05) is 6.61 Å². The van der Waals surface area contributed by atoms with E-state index in [-0.39, 0.29) is 0 Å². The van der Waals surface area contributed by atoms with Gasteiger partial charge in [-0.15, -0.1) is 0 Å². The van der Waals surface area contributed by atoms with Gasteiger partial charge in [0.1, 0.15) is 11.3 Å². The summed E-state index contributed by atoms with van der Waals surface area (Å²) in [5.41, 5.74) is 4.09. The van der Waals surface area contributed by atoms with Gasteiger partial charge in [-0.1, -0.05) is 23.8 Å². The zero-order chi connectivity index (χ0) is 15.0. The maximum Gasteiger partial charge on any atom is 0.358 e. The first-order valence-corrected chi connectivity index (χ1v) is 7.15. The largest absolute Gasteiger partial charge is 0.461 e. The molecule has 0 atom stereocenters. The normalized spacial score (nSPS) is 13.0. The minimum Gasteiger partial charge on any atom is -0.461 e. The smallest absolute Gasteiger partial charge is 0.358 e. The predicted molar refractivity (Wildman–Crippen MR) is 82.8 cm³/mol. The zero-order valence-electron chi connectivity index (χ0n) is 11.8. The monoisotopic (exact) mass is 301 g/mol. The molecule has 2 aromatic rings. The van der Waals surface area contributed by atoms with E-state index < -0.39 is 5.97 Å². The van der Waals surface area contributed by atoms with Gasteiger partial charge in [0.2, 0.25) is 0 Å². The van der Waals surface area contributed by atoms with E-state index in [2.05, 4.69) is 10.3 Å². The lowest BCUT2D eigenvalue weighted by Gasteiger charge is -2.09. The average Bonchev–Trinajstić information content (AvgIpc) is 2.83. The number of esters is 1. The molecule has 0 fully saturated rings. The molecular formula is C15H15N3O2S. The number of aromatic nitrogens is 2. The number of nitrogens with one attached hydrogen (secondary N) is 1. The summed E-state index contributed by atoms with van der Waals surface area (Å²) in [6.45, 7) is 4.57. The molecule has 0 saturated heterocycles. The standard InChI is InChI=1S/C15H15N3O2S/c1-3-20-15(19)13-12-7-16-14(21)10-6-9(2)4-5-11(10)18(12)8-17-13/h4-6,8H,3,7H2,1-2H3,(H,16,21). The number of hydrogen-bond donors (Lipinski definition) is 1. The molecule has 3 rings (SSSR count). The van der Waals surface area contributed by atoms with Crippen molar-refractivity contribution in [3.8, 4) is 5.69 Å². The molecule has 5 nitrogen and oxygen atoms in total. The second-order valence-corrected chi connectivity index (χ2v) is 5.24. The number of hydrogen-bond acceptors (Lipinski definition) is 4. The van der Waals surface area contributed by atoms with Crippen molar-refractivity contribution < 1.29 is 9.53 Å². The van der Waals surface area contributed by atoms with Crippen LogP contribution in [-0.4, -0.2) is 27.1 Å². The van der Waals surface area contributed by atoms with E-state index in [4.69, 9.17) is 17.0 Å². The van der Waals surface area contributed by atoms with Gasteiger partial charge in [0, 0.05) is 5.56 Å².